The van der Waals surface area contributed by atoms with E-state index in [9.17, 15) is 0 Å². The van der Waals surface area contributed by atoms with Gasteiger partial charge in [-0.25, -0.2) is 0 Å². The molecule has 82 valence electrons. The number of aryl methyl sites for hydroxylation is 1. The van der Waals surface area contributed by atoms with Gasteiger partial charge in [0.2, 0.25) is 0 Å². The monoisotopic (exact) mass is 268 g/mol. The standard InChI is InChI=1S/C12H17BrN2/c1-9-7-10(13)12(8-11(9)14)15-5-3-2-4-6-15/h7-8H,2-6,14H2,1H3. The molecule has 0 aromatic heterocycles. The van der Waals surface area contributed by atoms with Crippen molar-refractivity contribution in [3.63, 3.8) is 0 Å². The van der Waals surface area contributed by atoms with Gasteiger partial charge in [0.1, 0.15) is 0 Å². The quantitative estimate of drug-likeness (QED) is 0.792. The summed E-state index contributed by atoms with van der Waals surface area (Å²) in [6.07, 6.45) is 3.94. The lowest BCUT2D eigenvalue weighted by molar-refractivity contribution is 0.577. The van der Waals surface area contributed by atoms with Crippen molar-refractivity contribution in [2.24, 2.45) is 0 Å². The number of hydrogen-bond donors (Lipinski definition) is 1. The smallest absolute Gasteiger partial charge is 0.0531 e. The highest BCUT2D eigenvalue weighted by molar-refractivity contribution is 9.10. The molecule has 2 nitrogen and oxygen atoms in total. The number of anilines is 2. The van der Waals surface area contributed by atoms with Crippen LogP contribution in [0.4, 0.5) is 11.4 Å². The number of nitrogens with two attached hydrogens (primary N) is 1. The fourth-order valence-corrected chi connectivity index (χ4v) is 2.76. The second-order valence-corrected chi connectivity index (χ2v) is 5.06. The molecular weight excluding hydrogens is 252 g/mol. The first-order valence-corrected chi connectivity index (χ1v) is 6.28. The summed E-state index contributed by atoms with van der Waals surface area (Å²) in [6, 6.07) is 4.20. The molecule has 1 aliphatic heterocycles. The minimum Gasteiger partial charge on any atom is -0.398 e. The number of piperidine rings is 1. The van der Waals surface area contributed by atoms with Crippen LogP contribution in [0, 0.1) is 6.92 Å². The fourth-order valence-electron chi connectivity index (χ4n) is 2.05. The van der Waals surface area contributed by atoms with E-state index in [1.165, 1.54) is 24.9 Å². The third-order valence-electron chi connectivity index (χ3n) is 3.03. The Morgan fingerprint density at radius 2 is 1.87 bits per heavy atom. The molecule has 0 amide bonds. The van der Waals surface area contributed by atoms with Crippen molar-refractivity contribution in [3.05, 3.63) is 22.2 Å². The van der Waals surface area contributed by atoms with Crippen molar-refractivity contribution < 1.29 is 0 Å². The third kappa shape index (κ3) is 2.28. The maximum atomic E-state index is 5.95. The van der Waals surface area contributed by atoms with Gasteiger partial charge in [-0.3, -0.25) is 0 Å². The second-order valence-electron chi connectivity index (χ2n) is 4.21. The first-order valence-electron chi connectivity index (χ1n) is 5.49. The van der Waals surface area contributed by atoms with Gasteiger partial charge in [0.25, 0.3) is 0 Å². The zero-order chi connectivity index (χ0) is 10.8. The van der Waals surface area contributed by atoms with E-state index in [2.05, 4.69) is 33.0 Å². The summed E-state index contributed by atoms with van der Waals surface area (Å²) in [4.78, 5) is 2.42. The van der Waals surface area contributed by atoms with Gasteiger partial charge in [0.15, 0.2) is 0 Å². The van der Waals surface area contributed by atoms with Gasteiger partial charge in [-0.2, -0.15) is 0 Å². The van der Waals surface area contributed by atoms with Crippen LogP contribution < -0.4 is 10.6 Å². The molecule has 2 rings (SSSR count). The van der Waals surface area contributed by atoms with E-state index in [4.69, 9.17) is 5.73 Å². The Bertz CT molecular complexity index is 357. The van der Waals surface area contributed by atoms with Crippen LogP contribution in [0.15, 0.2) is 16.6 Å². The molecule has 2 N–H and O–H groups in total. The molecule has 0 saturated carbocycles. The van der Waals surface area contributed by atoms with E-state index in [1.807, 2.05) is 6.92 Å². The van der Waals surface area contributed by atoms with Crippen LogP contribution in [0.1, 0.15) is 24.8 Å². The average Bonchev–Trinajstić information content (AvgIpc) is 2.25. The Balaban J connectivity index is 2.30. The van der Waals surface area contributed by atoms with Crippen molar-refractivity contribution >= 4 is 27.3 Å². The van der Waals surface area contributed by atoms with Gasteiger partial charge in [-0.1, -0.05) is 0 Å². The highest BCUT2D eigenvalue weighted by Gasteiger charge is 2.14. The van der Waals surface area contributed by atoms with Crippen LogP contribution in [-0.4, -0.2) is 13.1 Å². The van der Waals surface area contributed by atoms with Crippen molar-refractivity contribution in [1.29, 1.82) is 0 Å². The van der Waals surface area contributed by atoms with Crippen LogP contribution in [0.3, 0.4) is 0 Å². The molecule has 1 aliphatic rings. The van der Waals surface area contributed by atoms with Crippen molar-refractivity contribution in [3.8, 4) is 0 Å². The Hall–Kier alpha value is -0.700. The first-order chi connectivity index (χ1) is 7.18. The van der Waals surface area contributed by atoms with Crippen LogP contribution in [0.2, 0.25) is 0 Å². The molecule has 1 aromatic rings. The minimum absolute atomic E-state index is 0.888. The lowest BCUT2D eigenvalue weighted by Crippen LogP contribution is -2.29. The van der Waals surface area contributed by atoms with Crippen LogP contribution >= 0.6 is 15.9 Å². The molecule has 15 heavy (non-hydrogen) atoms. The van der Waals surface area contributed by atoms with Crippen LogP contribution in [0.25, 0.3) is 0 Å². The fraction of sp³-hybridized carbons (Fsp3) is 0.500. The topological polar surface area (TPSA) is 29.3 Å². The van der Waals surface area contributed by atoms with Crippen molar-refractivity contribution in [1.82, 2.24) is 0 Å². The van der Waals surface area contributed by atoms with Gasteiger partial charge >= 0.3 is 0 Å². The maximum absolute atomic E-state index is 5.95. The Morgan fingerprint density at radius 3 is 2.53 bits per heavy atom. The molecule has 0 radical (unpaired) electrons. The maximum Gasteiger partial charge on any atom is 0.0531 e. The zero-order valence-electron chi connectivity index (χ0n) is 9.09. The minimum atomic E-state index is 0.888. The largest absolute Gasteiger partial charge is 0.398 e. The molecule has 1 aromatic carbocycles. The molecule has 0 unspecified atom stereocenters. The number of benzene rings is 1. The van der Waals surface area contributed by atoms with Gasteiger partial charge in [-0.15, -0.1) is 0 Å². The van der Waals surface area contributed by atoms with Crippen molar-refractivity contribution in [2.45, 2.75) is 26.2 Å². The van der Waals surface area contributed by atoms with E-state index < -0.39 is 0 Å². The Morgan fingerprint density at radius 1 is 1.20 bits per heavy atom. The average molecular weight is 269 g/mol. The molecule has 0 bridgehead atoms. The summed E-state index contributed by atoms with van der Waals surface area (Å²) in [5.41, 5.74) is 9.23. The normalized spacial score (nSPS) is 16.8. The lowest BCUT2D eigenvalue weighted by atomic mass is 10.1. The Labute approximate surface area is 99.6 Å². The first kappa shape index (κ1) is 10.8. The van der Waals surface area contributed by atoms with E-state index in [1.54, 1.807) is 0 Å². The molecular formula is C12H17BrN2. The van der Waals surface area contributed by atoms with Gasteiger partial charge in [-0.05, 0) is 59.8 Å². The summed E-state index contributed by atoms with van der Waals surface area (Å²) in [5.74, 6) is 0. The van der Waals surface area contributed by atoms with E-state index in [0.29, 0.717) is 0 Å². The molecule has 1 heterocycles. The molecule has 0 atom stereocenters. The molecule has 3 heteroatoms. The van der Waals surface area contributed by atoms with E-state index in [0.717, 1.165) is 28.8 Å². The summed E-state index contributed by atoms with van der Waals surface area (Å²) in [5, 5.41) is 0. The molecule has 0 spiro atoms. The van der Waals surface area contributed by atoms with Gasteiger partial charge in [0.05, 0.1) is 5.69 Å². The summed E-state index contributed by atoms with van der Waals surface area (Å²) >= 11 is 3.62. The van der Waals surface area contributed by atoms with Gasteiger partial charge in [0, 0.05) is 23.2 Å². The summed E-state index contributed by atoms with van der Waals surface area (Å²) in [6.45, 7) is 4.35. The number of hydrogen-bond acceptors (Lipinski definition) is 2. The van der Waals surface area contributed by atoms with E-state index >= 15 is 0 Å². The molecule has 1 saturated heterocycles. The second kappa shape index (κ2) is 4.44. The number of nitrogen functional groups attached to an aromatic ring is 1. The number of rotatable bonds is 1. The number of nitrogens with zero attached hydrogens (tertiary/aromatic N) is 1. The molecule has 0 aliphatic carbocycles. The third-order valence-corrected chi connectivity index (χ3v) is 3.67. The SMILES string of the molecule is Cc1cc(Br)c(N2CCCCC2)cc1N. The number of halogens is 1. The summed E-state index contributed by atoms with van der Waals surface area (Å²) in [7, 11) is 0. The highest BCUT2D eigenvalue weighted by atomic mass is 79.9. The highest BCUT2D eigenvalue weighted by Crippen LogP contribution is 2.32. The van der Waals surface area contributed by atoms with Gasteiger partial charge < -0.3 is 10.6 Å². The molecule has 1 fully saturated rings. The van der Waals surface area contributed by atoms with E-state index in [-0.39, 0.29) is 0 Å². The zero-order valence-corrected chi connectivity index (χ0v) is 10.7. The Kier molecular flexibility index (Phi) is 3.19. The summed E-state index contributed by atoms with van der Waals surface area (Å²) < 4.78 is 1.16. The predicted molar refractivity (Wildman–Crippen MR) is 69.4 cm³/mol. The van der Waals surface area contributed by atoms with Crippen molar-refractivity contribution in [2.75, 3.05) is 23.7 Å². The lowest BCUT2D eigenvalue weighted by Gasteiger charge is -2.30. The van der Waals surface area contributed by atoms with Crippen LogP contribution in [-0.2, 0) is 0 Å². The van der Waals surface area contributed by atoms with Crippen LogP contribution in [0.5, 0.6) is 0 Å². The predicted octanol–water partition coefficient (Wildman–Crippen LogP) is 3.33.